The Morgan fingerprint density at radius 2 is 1.61 bits per heavy atom. The average molecular weight is 575 g/mol. The van der Waals surface area contributed by atoms with Gasteiger partial charge in [-0.05, 0) is 81.3 Å². The summed E-state index contributed by atoms with van der Waals surface area (Å²) in [5.74, 6) is 0.0424. The van der Waals surface area contributed by atoms with Gasteiger partial charge in [-0.25, -0.2) is 13.8 Å². The molecule has 0 atom stereocenters. The largest absolute Gasteiger partial charge is 0.497 e. The molecule has 10 heteroatoms. The summed E-state index contributed by atoms with van der Waals surface area (Å²) in [6.45, 7) is 7.57. The first-order valence-electron chi connectivity index (χ1n) is 12.9. The van der Waals surface area contributed by atoms with Crippen molar-refractivity contribution < 1.29 is 22.7 Å². The second-order valence-electron chi connectivity index (χ2n) is 9.66. The van der Waals surface area contributed by atoms with Gasteiger partial charge in [0.1, 0.15) is 18.0 Å². The Labute approximate surface area is 241 Å². The van der Waals surface area contributed by atoms with E-state index in [2.05, 4.69) is 47.1 Å². The highest BCUT2D eigenvalue weighted by molar-refractivity contribution is 7.92. The Kier molecular flexibility index (Phi) is 8.83. The molecule has 0 aliphatic carbocycles. The fraction of sp³-hybridized carbons (Fsp3) is 0.226. The number of benzene rings is 3. The number of hydrogen-bond acceptors (Lipinski definition) is 6. The van der Waals surface area contributed by atoms with Gasteiger partial charge >= 0.3 is 0 Å². The normalized spacial score (nSPS) is 11.5. The van der Waals surface area contributed by atoms with Crippen LogP contribution in [-0.2, 0) is 14.8 Å². The fourth-order valence-corrected chi connectivity index (χ4v) is 6.19. The lowest BCUT2D eigenvalue weighted by atomic mass is 10.1. The van der Waals surface area contributed by atoms with Crippen LogP contribution < -0.4 is 19.2 Å². The van der Waals surface area contributed by atoms with Crippen LogP contribution in [0, 0.1) is 27.7 Å². The number of hydrazone groups is 1. The number of aromatic nitrogens is 1. The molecule has 9 nitrogen and oxygen atoms in total. The van der Waals surface area contributed by atoms with Gasteiger partial charge in [0.25, 0.3) is 15.9 Å². The first-order valence-corrected chi connectivity index (χ1v) is 14.4. The monoisotopic (exact) mass is 574 g/mol. The van der Waals surface area contributed by atoms with Crippen LogP contribution in [0.4, 0.5) is 5.69 Å². The van der Waals surface area contributed by atoms with Crippen molar-refractivity contribution in [3.05, 3.63) is 101 Å². The van der Waals surface area contributed by atoms with Gasteiger partial charge in [-0.15, -0.1) is 0 Å². The van der Waals surface area contributed by atoms with Gasteiger partial charge < -0.3 is 14.0 Å². The summed E-state index contributed by atoms with van der Waals surface area (Å²) in [6.07, 6.45) is 1.56. The third kappa shape index (κ3) is 6.44. The molecule has 0 radical (unpaired) electrons. The number of nitrogens with one attached hydrogen (secondary N) is 1. The number of rotatable bonds is 10. The number of carbonyl (C=O) groups is 1. The Balaban J connectivity index is 1.61. The molecular formula is C31H34N4O5S. The van der Waals surface area contributed by atoms with Gasteiger partial charge in [0.15, 0.2) is 0 Å². The molecule has 41 heavy (non-hydrogen) atoms. The van der Waals surface area contributed by atoms with E-state index in [1.54, 1.807) is 36.5 Å². The van der Waals surface area contributed by atoms with Crippen LogP contribution in [0.3, 0.4) is 0 Å². The SMILES string of the molecule is COc1ccc(OC)c(N(CC(=O)N/N=C/c2cc(C)n(-c3cc(C)cc(C)c3)c2C)S(=O)(=O)c2ccccc2)c1. The Morgan fingerprint density at radius 1 is 0.927 bits per heavy atom. The number of ether oxygens (including phenoxy) is 2. The molecule has 0 aliphatic heterocycles. The summed E-state index contributed by atoms with van der Waals surface area (Å²) in [5.41, 5.74) is 8.82. The van der Waals surface area contributed by atoms with Crippen LogP contribution in [0.5, 0.6) is 11.5 Å². The second-order valence-corrected chi connectivity index (χ2v) is 11.5. The minimum absolute atomic E-state index is 0.0278. The molecule has 1 heterocycles. The molecule has 1 aromatic heterocycles. The minimum Gasteiger partial charge on any atom is -0.497 e. The maximum Gasteiger partial charge on any atom is 0.264 e. The predicted molar refractivity (Wildman–Crippen MR) is 161 cm³/mol. The fourth-order valence-electron chi connectivity index (χ4n) is 4.75. The van der Waals surface area contributed by atoms with Gasteiger partial charge in [-0.2, -0.15) is 5.10 Å². The van der Waals surface area contributed by atoms with Crippen LogP contribution in [0.1, 0.15) is 28.1 Å². The van der Waals surface area contributed by atoms with Crippen molar-refractivity contribution in [2.45, 2.75) is 32.6 Å². The van der Waals surface area contributed by atoms with Crippen molar-refractivity contribution in [2.24, 2.45) is 5.10 Å². The highest BCUT2D eigenvalue weighted by Crippen LogP contribution is 2.35. The average Bonchev–Trinajstić information content (AvgIpc) is 3.23. The lowest BCUT2D eigenvalue weighted by Gasteiger charge is -2.25. The molecule has 3 aromatic carbocycles. The van der Waals surface area contributed by atoms with Crippen molar-refractivity contribution in [3.63, 3.8) is 0 Å². The van der Waals surface area contributed by atoms with E-state index in [-0.39, 0.29) is 16.3 Å². The van der Waals surface area contributed by atoms with E-state index in [1.165, 1.54) is 32.4 Å². The minimum atomic E-state index is -4.15. The van der Waals surface area contributed by atoms with E-state index >= 15 is 0 Å². The van der Waals surface area contributed by atoms with Crippen molar-refractivity contribution in [3.8, 4) is 17.2 Å². The lowest BCUT2D eigenvalue weighted by Crippen LogP contribution is -2.39. The molecule has 0 saturated carbocycles. The Morgan fingerprint density at radius 3 is 2.24 bits per heavy atom. The summed E-state index contributed by atoms with van der Waals surface area (Å²) in [6, 6.07) is 21.0. The molecule has 214 valence electrons. The number of aryl methyl sites for hydroxylation is 3. The smallest absolute Gasteiger partial charge is 0.264 e. The molecule has 0 fully saturated rings. The topological polar surface area (TPSA) is 102 Å². The molecule has 1 N–H and O–H groups in total. The summed E-state index contributed by atoms with van der Waals surface area (Å²) in [7, 11) is -1.25. The number of nitrogens with zero attached hydrogens (tertiary/aromatic N) is 3. The molecular weight excluding hydrogens is 540 g/mol. The van der Waals surface area contributed by atoms with Crippen molar-refractivity contribution in [1.29, 1.82) is 0 Å². The maximum absolute atomic E-state index is 13.7. The first-order chi connectivity index (χ1) is 19.5. The highest BCUT2D eigenvalue weighted by atomic mass is 32.2. The van der Waals surface area contributed by atoms with E-state index in [4.69, 9.17) is 9.47 Å². The first kappa shape index (κ1) is 29.4. The molecule has 0 aliphatic rings. The number of amides is 1. The summed E-state index contributed by atoms with van der Waals surface area (Å²) in [4.78, 5) is 13.1. The number of methoxy groups -OCH3 is 2. The van der Waals surface area contributed by atoms with Crippen molar-refractivity contribution in [1.82, 2.24) is 9.99 Å². The van der Waals surface area contributed by atoms with Gasteiger partial charge in [0, 0.05) is 28.7 Å². The highest BCUT2D eigenvalue weighted by Gasteiger charge is 2.30. The Bertz CT molecular complexity index is 1670. The third-order valence-corrected chi connectivity index (χ3v) is 8.37. The van der Waals surface area contributed by atoms with Gasteiger partial charge in [0.2, 0.25) is 0 Å². The van der Waals surface area contributed by atoms with E-state index in [0.29, 0.717) is 5.75 Å². The summed E-state index contributed by atoms with van der Waals surface area (Å²) < 4.78 is 41.3. The lowest BCUT2D eigenvalue weighted by molar-refractivity contribution is -0.119. The van der Waals surface area contributed by atoms with E-state index in [9.17, 15) is 13.2 Å². The quantitative estimate of drug-likeness (QED) is 0.210. The zero-order chi connectivity index (χ0) is 29.7. The van der Waals surface area contributed by atoms with Crippen LogP contribution in [0.2, 0.25) is 0 Å². The van der Waals surface area contributed by atoms with E-state index in [1.807, 2.05) is 19.9 Å². The second kappa shape index (κ2) is 12.3. The number of sulfonamides is 1. The predicted octanol–water partition coefficient (Wildman–Crippen LogP) is 5.07. The zero-order valence-electron chi connectivity index (χ0n) is 24.0. The maximum atomic E-state index is 13.7. The molecule has 0 spiro atoms. The third-order valence-electron chi connectivity index (χ3n) is 6.60. The number of anilines is 1. The summed E-state index contributed by atoms with van der Waals surface area (Å²) in [5, 5.41) is 4.15. The van der Waals surface area contributed by atoms with Gasteiger partial charge in [0.05, 0.1) is 31.0 Å². The Hall–Kier alpha value is -4.57. The standard InChI is InChI=1S/C31H34N4O5S/c1-21-14-22(2)16-26(15-21)35-23(3)17-25(24(35)4)19-32-33-31(36)20-34(41(37,38)28-10-8-7-9-11-28)29-18-27(39-5)12-13-30(29)40-6/h7-19H,20H2,1-6H3,(H,33,36)/b32-19+. The summed E-state index contributed by atoms with van der Waals surface area (Å²) >= 11 is 0. The zero-order valence-corrected chi connectivity index (χ0v) is 24.8. The van der Waals surface area contributed by atoms with Crippen molar-refractivity contribution >= 4 is 27.8 Å². The van der Waals surface area contributed by atoms with Gasteiger partial charge in [-0.1, -0.05) is 24.3 Å². The van der Waals surface area contributed by atoms with Crippen LogP contribution in [0.15, 0.2) is 82.8 Å². The number of hydrogen-bond donors (Lipinski definition) is 1. The van der Waals surface area contributed by atoms with Crippen LogP contribution in [0.25, 0.3) is 5.69 Å². The van der Waals surface area contributed by atoms with Gasteiger partial charge in [-0.3, -0.25) is 9.10 Å². The molecule has 4 rings (SSSR count). The van der Waals surface area contributed by atoms with Crippen LogP contribution >= 0.6 is 0 Å². The van der Waals surface area contributed by atoms with E-state index < -0.39 is 22.5 Å². The molecule has 0 saturated heterocycles. The van der Waals surface area contributed by atoms with Crippen LogP contribution in [-0.4, -0.2) is 45.9 Å². The molecule has 0 bridgehead atoms. The van der Waals surface area contributed by atoms with Crippen molar-refractivity contribution in [2.75, 3.05) is 25.1 Å². The molecule has 4 aromatic rings. The van der Waals surface area contributed by atoms with E-state index in [0.717, 1.165) is 38.1 Å². The molecule has 0 unspecified atom stereocenters. The number of carbonyl (C=O) groups excluding carboxylic acids is 1. The molecule has 1 amide bonds.